The number of hydrogen-bond acceptors (Lipinski definition) is 5. The number of nitrogens with two attached hydrogens (primary N) is 1. The molecular formula is C29H31ClF2N2O5. The Labute approximate surface area is 231 Å². The molecule has 1 unspecified atom stereocenters. The monoisotopic (exact) mass is 560 g/mol. The van der Waals surface area contributed by atoms with Crippen molar-refractivity contribution >= 4 is 23.6 Å². The first-order valence-electron chi connectivity index (χ1n) is 12.2. The molecule has 0 radical (unpaired) electrons. The van der Waals surface area contributed by atoms with Gasteiger partial charge in [-0.2, -0.15) is 0 Å². The zero-order valence-corrected chi connectivity index (χ0v) is 22.9. The van der Waals surface area contributed by atoms with Crippen LogP contribution >= 0.6 is 11.6 Å². The van der Waals surface area contributed by atoms with E-state index in [0.717, 1.165) is 0 Å². The predicted molar refractivity (Wildman–Crippen MR) is 145 cm³/mol. The van der Waals surface area contributed by atoms with Crippen molar-refractivity contribution in [3.05, 3.63) is 87.9 Å². The smallest absolute Gasteiger partial charge is 0.407 e. The third-order valence-electron chi connectivity index (χ3n) is 5.71. The summed E-state index contributed by atoms with van der Waals surface area (Å²) < 4.78 is 47.8. The first-order valence-corrected chi connectivity index (χ1v) is 12.6. The lowest BCUT2D eigenvalue weighted by Crippen LogP contribution is -2.35. The number of rotatable bonds is 10. The van der Waals surface area contributed by atoms with Gasteiger partial charge >= 0.3 is 6.09 Å². The summed E-state index contributed by atoms with van der Waals surface area (Å²) in [5.41, 5.74) is 4.53. The minimum Gasteiger partial charge on any atom is -0.488 e. The maximum absolute atomic E-state index is 16.4. The second-order valence-corrected chi connectivity index (χ2v) is 10.1. The van der Waals surface area contributed by atoms with E-state index in [-0.39, 0.29) is 47.2 Å². The minimum absolute atomic E-state index is 0.0193. The van der Waals surface area contributed by atoms with Gasteiger partial charge in [0.2, 0.25) is 5.91 Å². The lowest BCUT2D eigenvalue weighted by Gasteiger charge is -2.24. The van der Waals surface area contributed by atoms with Crippen LogP contribution in [0.4, 0.5) is 13.6 Å². The molecule has 3 aromatic rings. The maximum Gasteiger partial charge on any atom is 0.407 e. The van der Waals surface area contributed by atoms with Crippen molar-refractivity contribution < 1.29 is 32.6 Å². The van der Waals surface area contributed by atoms with Crippen LogP contribution in [0.2, 0.25) is 5.02 Å². The van der Waals surface area contributed by atoms with E-state index in [1.165, 1.54) is 31.4 Å². The first kappa shape index (κ1) is 29.9. The van der Waals surface area contributed by atoms with Crippen molar-refractivity contribution in [2.75, 3.05) is 26.9 Å². The average molecular weight is 561 g/mol. The lowest BCUT2D eigenvalue weighted by atomic mass is 9.87. The number of primary amides is 1. The molecule has 0 aromatic heterocycles. The Morgan fingerprint density at radius 3 is 2.28 bits per heavy atom. The lowest BCUT2D eigenvalue weighted by molar-refractivity contribution is 0.0526. The molecule has 0 fully saturated rings. The fraction of sp³-hybridized carbons (Fsp3) is 0.310. The van der Waals surface area contributed by atoms with E-state index in [1.54, 1.807) is 51.1 Å². The number of nitrogens with one attached hydrogen (secondary N) is 1. The second kappa shape index (κ2) is 12.9. The van der Waals surface area contributed by atoms with Gasteiger partial charge in [-0.25, -0.2) is 13.6 Å². The van der Waals surface area contributed by atoms with Gasteiger partial charge in [0.15, 0.2) is 11.6 Å². The van der Waals surface area contributed by atoms with Gasteiger partial charge in [0.25, 0.3) is 0 Å². The summed E-state index contributed by atoms with van der Waals surface area (Å²) in [6.45, 7) is 5.34. The van der Waals surface area contributed by atoms with Crippen LogP contribution in [0.1, 0.15) is 48.2 Å². The highest BCUT2D eigenvalue weighted by Gasteiger charge is 2.29. The number of halogens is 3. The summed E-state index contributed by atoms with van der Waals surface area (Å²) in [6, 6.07) is 14.2. The number of carbonyl (C=O) groups is 2. The Balaban J connectivity index is 2.15. The molecule has 1 atom stereocenters. The fourth-order valence-corrected chi connectivity index (χ4v) is 4.25. The zero-order chi connectivity index (χ0) is 28.7. The molecule has 0 saturated carbocycles. The number of ether oxygens (including phenoxy) is 3. The third-order valence-corrected chi connectivity index (χ3v) is 6.03. The summed E-state index contributed by atoms with van der Waals surface area (Å²) in [7, 11) is 1.46. The van der Waals surface area contributed by atoms with E-state index in [4.69, 9.17) is 31.5 Å². The van der Waals surface area contributed by atoms with Crippen LogP contribution in [0.3, 0.4) is 0 Å². The Bertz CT molecular complexity index is 1330. The molecule has 7 nitrogen and oxygen atoms in total. The van der Waals surface area contributed by atoms with Crippen molar-refractivity contribution in [1.29, 1.82) is 0 Å². The molecule has 0 bridgehead atoms. The van der Waals surface area contributed by atoms with Crippen LogP contribution in [0.25, 0.3) is 11.1 Å². The summed E-state index contributed by atoms with van der Waals surface area (Å²) in [5.74, 6) is -3.78. The molecule has 0 saturated heterocycles. The molecule has 39 heavy (non-hydrogen) atoms. The van der Waals surface area contributed by atoms with Gasteiger partial charge < -0.3 is 25.3 Å². The highest BCUT2D eigenvalue weighted by Crippen LogP contribution is 2.41. The number of methoxy groups -OCH3 is 1. The number of amides is 2. The van der Waals surface area contributed by atoms with Crippen molar-refractivity contribution in [1.82, 2.24) is 5.32 Å². The van der Waals surface area contributed by atoms with Crippen molar-refractivity contribution in [2.45, 2.75) is 32.3 Å². The number of alkyl carbamates (subject to hydrolysis) is 1. The standard InChI is InChI=1S/C29H31ClF2N2O5/c1-29(2,3)39-28(36)34-16-20(17-8-6-5-7-9-17)18-10-12-21(30)24(25(18)31)23-19(27(33)35)11-13-22(26(23)32)38-15-14-37-4/h5-13,20H,14-16H2,1-4H3,(H2,33,35)(H,34,36). The van der Waals surface area contributed by atoms with Crippen LogP contribution in [0, 0.1) is 11.6 Å². The largest absolute Gasteiger partial charge is 0.488 e. The van der Waals surface area contributed by atoms with Gasteiger partial charge in [-0.1, -0.05) is 48.0 Å². The van der Waals surface area contributed by atoms with E-state index < -0.39 is 40.7 Å². The zero-order valence-electron chi connectivity index (χ0n) is 22.1. The van der Waals surface area contributed by atoms with E-state index >= 15 is 8.78 Å². The molecule has 208 valence electrons. The van der Waals surface area contributed by atoms with Crippen LogP contribution in [0.15, 0.2) is 54.6 Å². The molecule has 0 aliphatic heterocycles. The molecule has 2 amide bonds. The van der Waals surface area contributed by atoms with E-state index in [1.807, 2.05) is 0 Å². The molecular weight excluding hydrogens is 530 g/mol. The number of hydrogen-bond donors (Lipinski definition) is 2. The van der Waals surface area contributed by atoms with Crippen LogP contribution in [-0.2, 0) is 9.47 Å². The Morgan fingerprint density at radius 1 is 0.974 bits per heavy atom. The maximum atomic E-state index is 16.4. The molecule has 0 heterocycles. The Hall–Kier alpha value is -3.69. The van der Waals surface area contributed by atoms with Crippen LogP contribution in [0.5, 0.6) is 5.75 Å². The molecule has 3 aromatic carbocycles. The average Bonchev–Trinajstić information content (AvgIpc) is 2.86. The van der Waals surface area contributed by atoms with Crippen LogP contribution in [-0.4, -0.2) is 44.5 Å². The summed E-state index contributed by atoms with van der Waals surface area (Å²) in [5, 5.41) is 2.54. The van der Waals surface area contributed by atoms with Gasteiger partial charge in [0, 0.05) is 30.7 Å². The Morgan fingerprint density at radius 2 is 1.67 bits per heavy atom. The quantitative estimate of drug-likeness (QED) is 0.293. The van der Waals surface area contributed by atoms with Crippen molar-refractivity contribution in [2.24, 2.45) is 5.73 Å². The summed E-state index contributed by atoms with van der Waals surface area (Å²) in [6.07, 6.45) is -0.680. The number of carbonyl (C=O) groups excluding carboxylic acids is 2. The fourth-order valence-electron chi connectivity index (χ4n) is 4.01. The van der Waals surface area contributed by atoms with E-state index in [9.17, 15) is 9.59 Å². The van der Waals surface area contributed by atoms with Gasteiger partial charge in [-0.05, 0) is 50.1 Å². The highest BCUT2D eigenvalue weighted by atomic mass is 35.5. The Kier molecular flexibility index (Phi) is 9.88. The molecule has 0 spiro atoms. The molecule has 10 heteroatoms. The summed E-state index contributed by atoms with van der Waals surface area (Å²) >= 11 is 6.41. The van der Waals surface area contributed by atoms with Gasteiger partial charge in [0.1, 0.15) is 18.0 Å². The van der Waals surface area contributed by atoms with Crippen molar-refractivity contribution in [3.8, 4) is 16.9 Å². The predicted octanol–water partition coefficient (Wildman–Crippen LogP) is 6.07. The normalized spacial score (nSPS) is 12.1. The topological polar surface area (TPSA) is 99.9 Å². The first-order chi connectivity index (χ1) is 18.4. The van der Waals surface area contributed by atoms with Gasteiger partial charge in [-0.3, -0.25) is 4.79 Å². The third kappa shape index (κ3) is 7.46. The second-order valence-electron chi connectivity index (χ2n) is 9.68. The van der Waals surface area contributed by atoms with Crippen molar-refractivity contribution in [3.63, 3.8) is 0 Å². The minimum atomic E-state index is -0.997. The SMILES string of the molecule is COCCOc1ccc(C(N)=O)c(-c2c(Cl)ccc(C(CNC(=O)OC(C)(C)C)c3ccccc3)c2F)c1F. The van der Waals surface area contributed by atoms with Gasteiger partial charge in [-0.15, -0.1) is 0 Å². The molecule has 0 aliphatic rings. The van der Waals surface area contributed by atoms with E-state index in [2.05, 4.69) is 5.32 Å². The number of benzene rings is 3. The summed E-state index contributed by atoms with van der Waals surface area (Å²) in [4.78, 5) is 24.6. The molecule has 3 rings (SSSR count). The molecule has 3 N–H and O–H groups in total. The highest BCUT2D eigenvalue weighted by molar-refractivity contribution is 6.33. The van der Waals surface area contributed by atoms with Gasteiger partial charge in [0.05, 0.1) is 17.2 Å². The molecule has 0 aliphatic carbocycles. The van der Waals surface area contributed by atoms with E-state index in [0.29, 0.717) is 5.56 Å². The van der Waals surface area contributed by atoms with Crippen LogP contribution < -0.4 is 15.8 Å².